The molecule has 0 radical (unpaired) electrons. The summed E-state index contributed by atoms with van der Waals surface area (Å²) in [6.45, 7) is 8.28. The topological polar surface area (TPSA) is 592 Å². The Hall–Kier alpha value is -11.9. The van der Waals surface area contributed by atoms with E-state index in [1.165, 1.54) is 71.1 Å². The number of carboxylic acid groups (broad SMARTS) is 1. The van der Waals surface area contributed by atoms with Crippen LogP contribution in [0, 0.1) is 5.92 Å². The minimum absolute atomic E-state index is 0.0598. The summed E-state index contributed by atoms with van der Waals surface area (Å²) in [6, 6.07) is 15.5. The summed E-state index contributed by atoms with van der Waals surface area (Å²) in [4.78, 5) is 138. The minimum Gasteiger partial charge on any atom is -0.508 e. The van der Waals surface area contributed by atoms with E-state index >= 15 is 28.8 Å². The van der Waals surface area contributed by atoms with E-state index in [-0.39, 0.29) is 60.0 Å². The van der Waals surface area contributed by atoms with Crippen molar-refractivity contribution in [3.8, 4) is 68.2 Å². The Morgan fingerprint density at radius 1 is 0.630 bits per heavy atom. The summed E-state index contributed by atoms with van der Waals surface area (Å²) in [5.74, 6) is -17.0. The highest BCUT2D eigenvalue weighted by Crippen LogP contribution is 2.51. The van der Waals surface area contributed by atoms with E-state index in [9.17, 15) is 65.4 Å². The molecule has 0 spiro atoms. The Balaban J connectivity index is 0.943. The number of benzene rings is 7. The molecule has 1 aliphatic carbocycles. The Labute approximate surface area is 730 Å². The highest BCUT2D eigenvalue weighted by molar-refractivity contribution is 6.32. The SMILES string of the molecule is CC(C)C[C@H](C(=O)N[C@H]1C(=O)N[C@@H](CC(N)=O)C(=O)N[C@H]2C(=O)N[C@H]3C(=O)N[C@H](C(=O)N[C@H](C(=O)O)c4cc(O)cc(O)c4-c4cc3ccc4O)[C@H](O[C@H]3C[C@](C)(N)[C@@H](O)[C@H](C)O3)c3ccc(cc3)Oc3cc2cc(c3O[C@@H]2O[C@H](CO)[C@@H](O)[C@H](O)[C@H]2O[C@H]2C[C@](C)(N)[C@@H](O)[C@H](C)O2)Oc2ccc(cc2Cl)[C@H]1O)N(C)C(=O)OCC1c2ccccc2-c2ccccc21. The van der Waals surface area contributed by atoms with Crippen LogP contribution >= 0.6 is 11.6 Å². The maximum Gasteiger partial charge on any atom is 0.410 e. The highest BCUT2D eigenvalue weighted by atomic mass is 35.5. The van der Waals surface area contributed by atoms with Gasteiger partial charge < -0.3 is 143 Å². The van der Waals surface area contributed by atoms with Gasteiger partial charge in [-0.2, -0.15) is 0 Å². The monoisotopic (exact) mass is 1780 g/mol. The number of phenols is 3. The maximum atomic E-state index is 16.6. The third-order valence-corrected chi connectivity index (χ3v) is 24.1. The molecule has 22 atom stereocenters. The van der Waals surface area contributed by atoms with Crippen LogP contribution in [0.25, 0.3) is 22.3 Å². The van der Waals surface area contributed by atoms with Crippen molar-refractivity contribution >= 4 is 65.0 Å². The van der Waals surface area contributed by atoms with Crippen LogP contribution in [0.5, 0.6) is 46.0 Å². The molecule has 3 saturated heterocycles. The number of halogens is 1. The molecule has 38 nitrogen and oxygen atoms in total. The third kappa shape index (κ3) is 19.0. The lowest BCUT2D eigenvalue weighted by Crippen LogP contribution is -2.64. The van der Waals surface area contributed by atoms with E-state index in [4.69, 9.17) is 71.4 Å². The number of primary amides is 1. The molecule has 8 heterocycles. The molecule has 9 aliphatic rings. The van der Waals surface area contributed by atoms with Crippen molar-refractivity contribution in [2.75, 3.05) is 20.3 Å². The summed E-state index contributed by atoms with van der Waals surface area (Å²) in [7, 11) is 1.30. The molecule has 8 aliphatic heterocycles. The van der Waals surface area contributed by atoms with Crippen molar-refractivity contribution in [1.29, 1.82) is 0 Å². The van der Waals surface area contributed by atoms with Gasteiger partial charge in [-0.25, -0.2) is 9.59 Å². The van der Waals surface area contributed by atoms with Crippen LogP contribution in [-0.2, 0) is 66.8 Å². The number of likely N-dealkylation sites (N-methyl/N-ethyl adjacent to an activating group) is 1. The number of nitrogens with zero attached hydrogens (tertiary/aromatic N) is 1. The Morgan fingerprint density at radius 2 is 1.22 bits per heavy atom. The normalized spacial score (nSPS) is 29.8. The van der Waals surface area contributed by atoms with Gasteiger partial charge in [0, 0.05) is 59.6 Å². The Kier molecular flexibility index (Phi) is 26.5. The number of hydrogen-bond acceptors (Lipinski definition) is 29. The molecule has 22 N–H and O–H groups in total. The average Bonchev–Trinajstić information content (AvgIpc) is 1.57. The van der Waals surface area contributed by atoms with Gasteiger partial charge in [0.2, 0.25) is 53.4 Å². The van der Waals surface area contributed by atoms with E-state index in [0.717, 1.165) is 75.7 Å². The third-order valence-electron chi connectivity index (χ3n) is 23.8. The number of nitrogens with one attached hydrogen (secondary N) is 6. The second-order valence-electron chi connectivity index (χ2n) is 33.7. The smallest absolute Gasteiger partial charge is 0.410 e. The largest absolute Gasteiger partial charge is 0.508 e. The zero-order valence-electron chi connectivity index (χ0n) is 69.5. The highest BCUT2D eigenvalue weighted by Gasteiger charge is 2.53. The molecule has 0 unspecified atom stereocenters. The van der Waals surface area contributed by atoms with Crippen molar-refractivity contribution < 1.29 is 137 Å². The van der Waals surface area contributed by atoms with Crippen molar-refractivity contribution in [2.24, 2.45) is 23.1 Å². The number of hydrogen-bond donors (Lipinski definition) is 19. The van der Waals surface area contributed by atoms with Gasteiger partial charge in [0.1, 0.15) is 102 Å². The number of nitrogens with two attached hydrogens (primary N) is 3. The summed E-state index contributed by atoms with van der Waals surface area (Å²) in [5, 5.41) is 130. The summed E-state index contributed by atoms with van der Waals surface area (Å²) < 4.78 is 58.0. The lowest BCUT2D eigenvalue weighted by molar-refractivity contribution is -0.333. The first kappa shape index (κ1) is 91.4. The fourth-order valence-corrected chi connectivity index (χ4v) is 17.3. The van der Waals surface area contributed by atoms with Gasteiger partial charge >= 0.3 is 12.1 Å². The number of ether oxygens (including phenoxy) is 9. The molecular formula is C88H99ClN10O28. The van der Waals surface area contributed by atoms with Gasteiger partial charge in [-0.05, 0) is 139 Å². The van der Waals surface area contributed by atoms with Gasteiger partial charge in [-0.3, -0.25) is 38.5 Å². The van der Waals surface area contributed by atoms with Crippen LogP contribution in [0.4, 0.5) is 4.79 Å². The van der Waals surface area contributed by atoms with Gasteiger partial charge in [-0.15, -0.1) is 0 Å². The molecule has 0 saturated carbocycles. The van der Waals surface area contributed by atoms with E-state index in [1.807, 2.05) is 48.5 Å². The van der Waals surface area contributed by atoms with E-state index in [1.54, 1.807) is 13.8 Å². The van der Waals surface area contributed by atoms with Crippen LogP contribution in [0.2, 0.25) is 5.02 Å². The predicted molar refractivity (Wildman–Crippen MR) is 444 cm³/mol. The first-order valence-corrected chi connectivity index (χ1v) is 41.3. The molecule has 676 valence electrons. The number of carbonyl (C=O) groups excluding carboxylic acids is 8. The van der Waals surface area contributed by atoms with Gasteiger partial charge in [0.15, 0.2) is 36.2 Å². The van der Waals surface area contributed by atoms with Crippen molar-refractivity contribution in [3.63, 3.8) is 0 Å². The molecule has 8 amide bonds. The number of carbonyl (C=O) groups is 9. The second-order valence-corrected chi connectivity index (χ2v) is 34.1. The molecule has 7 aromatic carbocycles. The molecule has 7 aromatic rings. The number of fused-ring (bicyclic) bond motifs is 18. The standard InChI is InChI=1S/C88H99ClN10O28/c1-36(2)24-54(99(7)86(118)119-35-51-47-14-10-8-12-45(47)46-13-9-11-15-48(46)51)79(111)97-68-70(105)41-19-23-57(52(89)26-41)123-59-28-42-27-58(74(59)127-85-75(72(107)71(106)60(34-100)124-85)126-63-33-88(6,92)77(109)38(4)121-63)122-44-20-16-39(17-21-44)73(125-62-32-87(5,91)76(108)37(3)120-62)69-83(115)96-67(84(116)117)50-29-43(101)30-56(103)64(50)49-25-40(18-22-55(49)102)65(80(112)98-69)95-81(113)66(42)94-78(110)53(31-61(90)104)93-82(68)114/h8-23,25-30,36-38,51,53-54,60,62-63,65-73,75-77,85,100-103,105-109H,24,31-35,91-92H2,1-7H3,(H2,90,104)(H,93,114)(H,94,110)(H,95,113)(H,96,115)(H,97,111)(H,98,112)(H,116,117)/t37-,38-,53-,54+,60+,62-,63-,65+,66+,67-,68+,69-,70+,71+,72-,73+,75+,76-,77-,85-,87-,88-/m0/s1. The average molecular weight is 1780 g/mol. The van der Waals surface area contributed by atoms with Crippen LogP contribution in [-0.4, -0.2) is 233 Å². The first-order chi connectivity index (χ1) is 60.2. The number of aliphatic carboxylic acids is 1. The van der Waals surface area contributed by atoms with Crippen molar-refractivity contribution in [1.82, 2.24) is 36.8 Å². The molecule has 3 fully saturated rings. The van der Waals surface area contributed by atoms with Crippen LogP contribution in [0.1, 0.15) is 142 Å². The molecular weight excluding hydrogens is 1680 g/mol. The lowest BCUT2D eigenvalue weighted by atomic mass is 9.86. The number of aliphatic hydroxyl groups is 6. The minimum atomic E-state index is -2.41. The van der Waals surface area contributed by atoms with Crippen molar-refractivity contribution in [2.45, 2.75) is 206 Å². The fourth-order valence-electron chi connectivity index (χ4n) is 17.1. The summed E-state index contributed by atoms with van der Waals surface area (Å²) >= 11 is 7.27. The lowest BCUT2D eigenvalue weighted by Gasteiger charge is -2.47. The number of rotatable bonds is 17. The Bertz CT molecular complexity index is 5370. The molecule has 16 rings (SSSR count). The zero-order valence-corrected chi connectivity index (χ0v) is 70.3. The predicted octanol–water partition coefficient (Wildman–Crippen LogP) is 3.35. The quantitative estimate of drug-likeness (QED) is 0.0621. The number of carboxylic acids is 1. The molecule has 11 bridgehead atoms. The molecule has 0 aromatic heterocycles. The number of phenolic OH excluding ortho intramolecular Hbond substituents is 3. The zero-order chi connectivity index (χ0) is 91.4. The number of aliphatic hydroxyl groups excluding tert-OH is 6. The van der Waals surface area contributed by atoms with Crippen LogP contribution in [0.3, 0.4) is 0 Å². The van der Waals surface area contributed by atoms with E-state index in [2.05, 4.69) is 31.9 Å². The van der Waals surface area contributed by atoms with E-state index in [0.29, 0.717) is 0 Å². The first-order valence-electron chi connectivity index (χ1n) is 40.9. The number of amides is 8. The molecule has 39 heteroatoms. The number of aromatic hydroxyl groups is 3. The summed E-state index contributed by atoms with van der Waals surface area (Å²) in [6.07, 6.45) is -24.3. The van der Waals surface area contributed by atoms with Gasteiger partial charge in [0.25, 0.3) is 0 Å². The Morgan fingerprint density at radius 3 is 1.83 bits per heavy atom. The van der Waals surface area contributed by atoms with Crippen LogP contribution < -0.4 is 63.3 Å². The van der Waals surface area contributed by atoms with Crippen molar-refractivity contribution in [3.05, 3.63) is 177 Å². The molecule has 127 heavy (non-hydrogen) atoms. The second kappa shape index (κ2) is 36.8. The van der Waals surface area contributed by atoms with Gasteiger partial charge in [-0.1, -0.05) is 98.2 Å². The van der Waals surface area contributed by atoms with E-state index < -0.39 is 267 Å². The summed E-state index contributed by atoms with van der Waals surface area (Å²) in [5.41, 5.74) is 17.2. The van der Waals surface area contributed by atoms with Crippen LogP contribution in [0.15, 0.2) is 133 Å². The van der Waals surface area contributed by atoms with Gasteiger partial charge in [0.05, 0.1) is 42.5 Å². The fraction of sp³-hybridized carbons (Fsp3) is 0.420. The maximum absolute atomic E-state index is 16.6.